The van der Waals surface area contributed by atoms with Crippen LogP contribution < -0.4 is 16.2 Å². The number of aryl methyl sites for hydroxylation is 2. The molecule has 0 aliphatic heterocycles. The molecule has 0 spiro atoms. The van der Waals surface area contributed by atoms with Gasteiger partial charge in [0.05, 0.1) is 9.88 Å². The topological polar surface area (TPSA) is 87.3 Å². The van der Waals surface area contributed by atoms with E-state index in [0.29, 0.717) is 15.4 Å². The zero-order valence-corrected chi connectivity index (χ0v) is 16.3. The van der Waals surface area contributed by atoms with Gasteiger partial charge in [-0.3, -0.25) is 25.2 Å². The second-order valence-corrected chi connectivity index (χ2v) is 8.15. The Bertz CT molecular complexity index is 833. The predicted octanol–water partition coefficient (Wildman–Crippen LogP) is 3.42. The van der Waals surface area contributed by atoms with Crippen LogP contribution in [0, 0.1) is 19.3 Å². The molecule has 138 valence electrons. The smallest absolute Gasteiger partial charge is 0.280 e. The lowest BCUT2D eigenvalue weighted by molar-refractivity contribution is -0.123. The molecule has 0 fully saturated rings. The Labute approximate surface area is 157 Å². The van der Waals surface area contributed by atoms with E-state index in [-0.39, 0.29) is 5.91 Å². The third-order valence-electron chi connectivity index (χ3n) is 3.65. The van der Waals surface area contributed by atoms with Crippen molar-refractivity contribution in [2.75, 3.05) is 5.32 Å². The minimum Gasteiger partial charge on any atom is -0.317 e. The van der Waals surface area contributed by atoms with Gasteiger partial charge in [0.1, 0.15) is 0 Å². The standard InChI is InChI=1S/C19H23N3O3S/c1-11-6-8-13(9-7-11)16(23)21-22-17(24)15-12(2)10-14(26-15)20-18(25)19(3,4)5/h6-10H,1-5H3,(H,20,25)(H,21,23)(H,22,24). The van der Waals surface area contributed by atoms with Crippen molar-refractivity contribution >= 4 is 34.1 Å². The van der Waals surface area contributed by atoms with E-state index in [1.807, 2.05) is 39.8 Å². The van der Waals surface area contributed by atoms with Crippen LogP contribution in [0.5, 0.6) is 0 Å². The molecule has 0 bridgehead atoms. The van der Waals surface area contributed by atoms with Crippen LogP contribution in [0.15, 0.2) is 30.3 Å². The molecule has 2 rings (SSSR count). The molecule has 0 unspecified atom stereocenters. The van der Waals surface area contributed by atoms with Gasteiger partial charge in [0, 0.05) is 11.0 Å². The molecule has 6 nitrogen and oxygen atoms in total. The summed E-state index contributed by atoms with van der Waals surface area (Å²) in [7, 11) is 0. The summed E-state index contributed by atoms with van der Waals surface area (Å²) in [6, 6.07) is 8.76. The highest BCUT2D eigenvalue weighted by atomic mass is 32.1. The summed E-state index contributed by atoms with van der Waals surface area (Å²) in [6.07, 6.45) is 0. The number of nitrogens with one attached hydrogen (secondary N) is 3. The van der Waals surface area contributed by atoms with Gasteiger partial charge < -0.3 is 5.32 Å². The average Bonchev–Trinajstić information content (AvgIpc) is 2.92. The van der Waals surface area contributed by atoms with Crippen LogP contribution in [0.3, 0.4) is 0 Å². The minimum atomic E-state index is -0.525. The van der Waals surface area contributed by atoms with Gasteiger partial charge in [-0.2, -0.15) is 0 Å². The van der Waals surface area contributed by atoms with Crippen LogP contribution in [0.25, 0.3) is 0 Å². The number of anilines is 1. The zero-order valence-electron chi connectivity index (χ0n) is 15.5. The van der Waals surface area contributed by atoms with Crippen molar-refractivity contribution in [3.05, 3.63) is 51.9 Å². The molecule has 0 aliphatic carbocycles. The number of carbonyl (C=O) groups is 3. The normalized spacial score (nSPS) is 11.0. The maximum absolute atomic E-state index is 12.3. The van der Waals surface area contributed by atoms with E-state index in [1.54, 1.807) is 25.1 Å². The van der Waals surface area contributed by atoms with Crippen molar-refractivity contribution < 1.29 is 14.4 Å². The van der Waals surface area contributed by atoms with Crippen LogP contribution in [0.4, 0.5) is 5.00 Å². The quantitative estimate of drug-likeness (QED) is 0.721. The van der Waals surface area contributed by atoms with Crippen molar-refractivity contribution in [1.29, 1.82) is 0 Å². The van der Waals surface area contributed by atoms with Crippen LogP contribution in [0.2, 0.25) is 0 Å². The largest absolute Gasteiger partial charge is 0.317 e. The summed E-state index contributed by atoms with van der Waals surface area (Å²) in [5.74, 6) is -0.948. The first-order chi connectivity index (χ1) is 12.1. The van der Waals surface area contributed by atoms with E-state index in [2.05, 4.69) is 16.2 Å². The van der Waals surface area contributed by atoms with Crippen LogP contribution >= 0.6 is 11.3 Å². The van der Waals surface area contributed by atoms with Gasteiger partial charge in [-0.25, -0.2) is 0 Å². The molecule has 7 heteroatoms. The van der Waals surface area contributed by atoms with Crippen molar-refractivity contribution in [2.45, 2.75) is 34.6 Å². The Morgan fingerprint density at radius 2 is 1.50 bits per heavy atom. The number of thiophene rings is 1. The van der Waals surface area contributed by atoms with Crippen molar-refractivity contribution in [1.82, 2.24) is 10.9 Å². The summed E-state index contributed by atoms with van der Waals surface area (Å²) in [5, 5.41) is 3.40. The first-order valence-electron chi connectivity index (χ1n) is 8.17. The van der Waals surface area contributed by atoms with Crippen molar-refractivity contribution in [2.24, 2.45) is 5.41 Å². The second kappa shape index (κ2) is 7.70. The molecule has 0 saturated carbocycles. The second-order valence-electron chi connectivity index (χ2n) is 7.10. The van der Waals surface area contributed by atoms with E-state index in [1.165, 1.54) is 11.3 Å². The lowest BCUT2D eigenvalue weighted by Gasteiger charge is -2.16. The molecule has 2 aromatic rings. The lowest BCUT2D eigenvalue weighted by atomic mass is 9.96. The number of hydrogen-bond donors (Lipinski definition) is 3. The van der Waals surface area contributed by atoms with E-state index in [4.69, 9.17) is 0 Å². The minimum absolute atomic E-state index is 0.126. The molecule has 0 atom stereocenters. The summed E-state index contributed by atoms with van der Waals surface area (Å²) in [4.78, 5) is 36.9. The van der Waals surface area contributed by atoms with Crippen LogP contribution in [0.1, 0.15) is 51.9 Å². The fourth-order valence-electron chi connectivity index (χ4n) is 2.02. The molecule has 3 N–H and O–H groups in total. The Hall–Kier alpha value is -2.67. The SMILES string of the molecule is Cc1ccc(C(=O)NNC(=O)c2sc(NC(=O)C(C)(C)C)cc2C)cc1. The predicted molar refractivity (Wildman–Crippen MR) is 103 cm³/mol. The lowest BCUT2D eigenvalue weighted by Crippen LogP contribution is -2.41. The molecule has 26 heavy (non-hydrogen) atoms. The fraction of sp³-hybridized carbons (Fsp3) is 0.316. The van der Waals surface area contributed by atoms with Gasteiger partial charge >= 0.3 is 0 Å². The molecule has 1 heterocycles. The van der Waals surface area contributed by atoms with Crippen LogP contribution in [-0.4, -0.2) is 17.7 Å². The molecule has 0 radical (unpaired) electrons. The van der Waals surface area contributed by atoms with Gasteiger partial charge in [-0.1, -0.05) is 38.5 Å². The molecular formula is C19H23N3O3S. The van der Waals surface area contributed by atoms with Crippen LogP contribution in [-0.2, 0) is 4.79 Å². The molecular weight excluding hydrogens is 350 g/mol. The number of hydrazine groups is 1. The molecule has 0 aliphatic rings. The summed E-state index contributed by atoms with van der Waals surface area (Å²) < 4.78 is 0. The Kier molecular flexibility index (Phi) is 5.82. The van der Waals surface area contributed by atoms with E-state index < -0.39 is 17.2 Å². The summed E-state index contributed by atoms with van der Waals surface area (Å²) in [6.45, 7) is 9.16. The number of hydrogen-bond acceptors (Lipinski definition) is 4. The number of amides is 3. The number of carbonyl (C=O) groups excluding carboxylic acids is 3. The highest BCUT2D eigenvalue weighted by molar-refractivity contribution is 7.18. The summed E-state index contributed by atoms with van der Waals surface area (Å²) in [5.41, 5.74) is 6.51. The highest BCUT2D eigenvalue weighted by Gasteiger charge is 2.23. The first-order valence-corrected chi connectivity index (χ1v) is 8.99. The Morgan fingerprint density at radius 3 is 2.08 bits per heavy atom. The van der Waals surface area contributed by atoms with Gasteiger partial charge in [-0.05, 0) is 37.6 Å². The van der Waals surface area contributed by atoms with Gasteiger partial charge in [0.25, 0.3) is 11.8 Å². The average molecular weight is 373 g/mol. The molecule has 1 aromatic heterocycles. The maximum atomic E-state index is 12.3. The number of benzene rings is 1. The first kappa shape index (κ1) is 19.7. The van der Waals surface area contributed by atoms with E-state index in [9.17, 15) is 14.4 Å². The zero-order chi connectivity index (χ0) is 19.5. The number of rotatable bonds is 3. The van der Waals surface area contributed by atoms with Gasteiger partial charge in [-0.15, -0.1) is 11.3 Å². The van der Waals surface area contributed by atoms with Gasteiger partial charge in [0.15, 0.2) is 0 Å². The van der Waals surface area contributed by atoms with Crippen molar-refractivity contribution in [3.63, 3.8) is 0 Å². The molecule has 3 amide bonds. The third-order valence-corrected chi connectivity index (χ3v) is 4.80. The molecule has 1 aromatic carbocycles. The maximum Gasteiger partial charge on any atom is 0.280 e. The fourth-order valence-corrected chi connectivity index (χ4v) is 2.98. The van der Waals surface area contributed by atoms with E-state index >= 15 is 0 Å². The Balaban J connectivity index is 2.00. The van der Waals surface area contributed by atoms with Crippen molar-refractivity contribution in [3.8, 4) is 0 Å². The van der Waals surface area contributed by atoms with Gasteiger partial charge in [0.2, 0.25) is 5.91 Å². The van der Waals surface area contributed by atoms with E-state index in [0.717, 1.165) is 11.1 Å². The highest BCUT2D eigenvalue weighted by Crippen LogP contribution is 2.28. The Morgan fingerprint density at radius 1 is 0.923 bits per heavy atom. The summed E-state index contributed by atoms with van der Waals surface area (Å²) >= 11 is 1.17. The third kappa shape index (κ3) is 4.92. The molecule has 0 saturated heterocycles. The monoisotopic (exact) mass is 373 g/mol.